The highest BCUT2D eigenvalue weighted by atomic mass is 32.2. The van der Waals surface area contributed by atoms with Crippen LogP contribution in [0, 0.1) is 6.92 Å². The number of rotatable bonds is 8. The molecule has 1 aliphatic heterocycles. The third kappa shape index (κ3) is 5.55. The lowest BCUT2D eigenvalue weighted by atomic mass is 10.1. The van der Waals surface area contributed by atoms with Gasteiger partial charge in [0.1, 0.15) is 5.52 Å². The minimum Gasteiger partial charge on any atom is -0.324 e. The molecule has 0 saturated heterocycles. The van der Waals surface area contributed by atoms with Crippen molar-refractivity contribution < 1.29 is 4.79 Å². The van der Waals surface area contributed by atoms with Crippen LogP contribution in [0.25, 0.3) is 22.1 Å². The molecular formula is C27H29N7OS2. The lowest BCUT2D eigenvalue weighted by molar-refractivity contribution is -0.119. The number of para-hydroxylation sites is 1. The summed E-state index contributed by atoms with van der Waals surface area (Å²) in [4.78, 5) is 17.9. The fourth-order valence-electron chi connectivity index (χ4n) is 4.17. The second kappa shape index (κ2) is 11.4. The van der Waals surface area contributed by atoms with Gasteiger partial charge in [-0.15, -0.1) is 15.3 Å². The number of carbonyl (C=O) groups is 1. The highest BCUT2D eigenvalue weighted by Crippen LogP contribution is 2.29. The number of unbranched alkanes of at least 4 members (excludes halogenated alkanes) is 1. The van der Waals surface area contributed by atoms with E-state index < -0.39 is 0 Å². The zero-order valence-electron chi connectivity index (χ0n) is 21.1. The maximum atomic E-state index is 13.1. The van der Waals surface area contributed by atoms with Gasteiger partial charge >= 0.3 is 0 Å². The average Bonchev–Trinajstić information content (AvgIpc) is 3.24. The van der Waals surface area contributed by atoms with E-state index in [1.807, 2.05) is 31.2 Å². The number of aryl methyl sites for hydroxylation is 2. The van der Waals surface area contributed by atoms with Crippen molar-refractivity contribution in [2.24, 2.45) is 10.2 Å². The second-order valence-corrected chi connectivity index (χ2v) is 11.0. The smallest absolute Gasteiger partial charge is 0.239 e. The predicted molar refractivity (Wildman–Crippen MR) is 153 cm³/mol. The van der Waals surface area contributed by atoms with Crippen LogP contribution in [0.5, 0.6) is 0 Å². The Morgan fingerprint density at radius 3 is 2.65 bits per heavy atom. The molecule has 1 atom stereocenters. The molecule has 37 heavy (non-hydrogen) atoms. The summed E-state index contributed by atoms with van der Waals surface area (Å²) < 4.78 is 2.21. The van der Waals surface area contributed by atoms with Crippen LogP contribution in [0.15, 0.2) is 63.9 Å². The number of hydrogen-bond donors (Lipinski definition) is 1. The fraction of sp³-hybridized carbons (Fsp3) is 0.333. The Kier molecular flexibility index (Phi) is 7.85. The summed E-state index contributed by atoms with van der Waals surface area (Å²) in [6, 6.07) is 16.4. The molecule has 2 aromatic carbocycles. The lowest BCUT2D eigenvalue weighted by Crippen LogP contribution is -2.37. The van der Waals surface area contributed by atoms with Crippen molar-refractivity contribution in [1.29, 1.82) is 0 Å². The molecule has 10 heteroatoms. The molecule has 0 radical (unpaired) electrons. The number of nitrogens with one attached hydrogen (secondary N) is 1. The van der Waals surface area contributed by atoms with Gasteiger partial charge in [-0.25, -0.2) is 4.98 Å². The molecule has 0 saturated carbocycles. The number of fused-ring (bicyclic) bond motifs is 3. The predicted octanol–water partition coefficient (Wildman–Crippen LogP) is 5.58. The summed E-state index contributed by atoms with van der Waals surface area (Å²) in [7, 11) is 0. The zero-order chi connectivity index (χ0) is 25.8. The number of benzene rings is 2. The molecule has 0 spiro atoms. The molecule has 0 fully saturated rings. The Bertz CT molecular complexity index is 1490. The van der Waals surface area contributed by atoms with Gasteiger partial charge in [-0.1, -0.05) is 91.8 Å². The lowest BCUT2D eigenvalue weighted by Gasteiger charge is -2.16. The van der Waals surface area contributed by atoms with Crippen LogP contribution < -0.4 is 5.32 Å². The zero-order valence-corrected chi connectivity index (χ0v) is 22.8. The molecule has 8 nitrogen and oxygen atoms in total. The van der Waals surface area contributed by atoms with Crippen molar-refractivity contribution in [1.82, 2.24) is 25.1 Å². The van der Waals surface area contributed by atoms with Gasteiger partial charge in [0.05, 0.1) is 16.5 Å². The molecule has 3 heterocycles. The average molecular weight is 532 g/mol. The van der Waals surface area contributed by atoms with Gasteiger partial charge in [0.25, 0.3) is 0 Å². The summed E-state index contributed by atoms with van der Waals surface area (Å²) in [6.07, 6.45) is 2.76. The van der Waals surface area contributed by atoms with Crippen molar-refractivity contribution >= 4 is 62.4 Å². The Labute approximate surface area is 224 Å². The first-order valence-electron chi connectivity index (χ1n) is 12.5. The van der Waals surface area contributed by atoms with Crippen LogP contribution >= 0.6 is 23.5 Å². The molecule has 1 aliphatic rings. The number of aromatic nitrogens is 4. The van der Waals surface area contributed by atoms with E-state index in [1.165, 1.54) is 29.1 Å². The summed E-state index contributed by atoms with van der Waals surface area (Å²) in [5, 5.41) is 22.1. The van der Waals surface area contributed by atoms with Gasteiger partial charge in [0.15, 0.2) is 10.8 Å². The van der Waals surface area contributed by atoms with Gasteiger partial charge in [0.2, 0.25) is 11.1 Å². The van der Waals surface area contributed by atoms with Gasteiger partial charge < -0.3 is 9.88 Å². The summed E-state index contributed by atoms with van der Waals surface area (Å²) in [6.45, 7) is 7.07. The molecule has 4 aromatic rings. The highest BCUT2D eigenvalue weighted by molar-refractivity contribution is 8.14. The topological polar surface area (TPSA) is 97.4 Å². The number of carbonyl (C=O) groups excluding carboxylic acids is 1. The SMILES string of the molecule is CCCCn1c2ccccc2c2nnc(SC(CC)C(=O)NC3=NN=C(c4ccc(C)cc4)CS3)nc21. The van der Waals surface area contributed by atoms with E-state index in [0.717, 1.165) is 52.7 Å². The Balaban J connectivity index is 1.32. The Morgan fingerprint density at radius 2 is 1.92 bits per heavy atom. The standard InChI is InChI=1S/C27H29N7OS2/c1-4-6-15-34-21-10-8-7-9-19(21)23-24(34)28-27(33-31-23)37-22(5-2)25(35)29-26-32-30-20(16-36-26)18-13-11-17(3)12-14-18/h7-14,22H,4-6,15-16H2,1-3H3,(H,29,32,35). The largest absolute Gasteiger partial charge is 0.324 e. The summed E-state index contributed by atoms with van der Waals surface area (Å²) >= 11 is 2.81. The van der Waals surface area contributed by atoms with Crippen molar-refractivity contribution in [2.45, 2.75) is 57.0 Å². The molecule has 0 bridgehead atoms. The molecule has 2 aromatic heterocycles. The Hall–Kier alpha value is -3.24. The first kappa shape index (κ1) is 25.4. The van der Waals surface area contributed by atoms with Crippen LogP contribution in [0.2, 0.25) is 0 Å². The summed E-state index contributed by atoms with van der Waals surface area (Å²) in [5.41, 5.74) is 5.86. The molecular weight excluding hydrogens is 502 g/mol. The second-order valence-electron chi connectivity index (χ2n) is 8.90. The fourth-order valence-corrected chi connectivity index (χ4v) is 5.75. The molecule has 0 aliphatic carbocycles. The number of nitrogens with zero attached hydrogens (tertiary/aromatic N) is 6. The van der Waals surface area contributed by atoms with E-state index in [9.17, 15) is 4.79 Å². The molecule has 1 amide bonds. The first-order valence-corrected chi connectivity index (χ1v) is 14.4. The maximum absolute atomic E-state index is 13.1. The van der Waals surface area contributed by atoms with E-state index in [2.05, 4.69) is 68.4 Å². The van der Waals surface area contributed by atoms with Crippen LogP contribution in [0.3, 0.4) is 0 Å². The minimum absolute atomic E-state index is 0.136. The molecule has 5 rings (SSSR count). The third-order valence-electron chi connectivity index (χ3n) is 6.22. The van der Waals surface area contributed by atoms with Crippen LogP contribution in [0.1, 0.15) is 44.2 Å². The van der Waals surface area contributed by atoms with E-state index in [1.54, 1.807) is 0 Å². The van der Waals surface area contributed by atoms with Crippen molar-refractivity contribution in [3.05, 3.63) is 59.7 Å². The minimum atomic E-state index is -0.376. The first-order chi connectivity index (χ1) is 18.1. The van der Waals surface area contributed by atoms with Gasteiger partial charge in [0, 0.05) is 17.7 Å². The van der Waals surface area contributed by atoms with Crippen LogP contribution in [0.4, 0.5) is 0 Å². The van der Waals surface area contributed by atoms with Crippen molar-refractivity contribution in [3.8, 4) is 0 Å². The van der Waals surface area contributed by atoms with E-state index >= 15 is 0 Å². The van der Waals surface area contributed by atoms with Gasteiger partial charge in [-0.3, -0.25) is 4.79 Å². The number of thioether (sulfide) groups is 2. The third-order valence-corrected chi connectivity index (χ3v) is 8.31. The molecule has 190 valence electrons. The number of hydrogen-bond acceptors (Lipinski definition) is 8. The number of amidine groups is 1. The highest BCUT2D eigenvalue weighted by Gasteiger charge is 2.24. The van der Waals surface area contributed by atoms with E-state index in [-0.39, 0.29) is 11.2 Å². The van der Waals surface area contributed by atoms with Crippen molar-refractivity contribution in [3.63, 3.8) is 0 Å². The van der Waals surface area contributed by atoms with Gasteiger partial charge in [-0.2, -0.15) is 5.10 Å². The molecule has 1 unspecified atom stereocenters. The van der Waals surface area contributed by atoms with Crippen molar-refractivity contribution in [2.75, 3.05) is 5.75 Å². The van der Waals surface area contributed by atoms with E-state index in [0.29, 0.717) is 22.5 Å². The Morgan fingerprint density at radius 1 is 1.11 bits per heavy atom. The quantitative estimate of drug-likeness (QED) is 0.298. The normalized spacial score (nSPS) is 14.5. The van der Waals surface area contributed by atoms with E-state index in [4.69, 9.17) is 4.98 Å². The van der Waals surface area contributed by atoms with Crippen LogP contribution in [-0.2, 0) is 11.3 Å². The maximum Gasteiger partial charge on any atom is 0.239 e. The molecule has 1 N–H and O–H groups in total. The number of amides is 1. The van der Waals surface area contributed by atoms with Crippen LogP contribution in [-0.4, -0.2) is 47.5 Å². The van der Waals surface area contributed by atoms with Gasteiger partial charge in [-0.05, 0) is 31.4 Å². The monoisotopic (exact) mass is 531 g/mol. The summed E-state index contributed by atoms with van der Waals surface area (Å²) in [5.74, 6) is 0.515.